The van der Waals surface area contributed by atoms with E-state index < -0.39 is 48.2 Å². The third-order valence-corrected chi connectivity index (χ3v) is 5.56. The van der Waals surface area contributed by atoms with Gasteiger partial charge in [-0.3, -0.25) is 9.59 Å². The summed E-state index contributed by atoms with van der Waals surface area (Å²) in [5.74, 6) is -3.49. The molecule has 0 amide bonds. The molecule has 1 aromatic carbocycles. The zero-order valence-corrected chi connectivity index (χ0v) is 22.4. The molecule has 208 valence electrons. The number of carboxylic acid groups (broad SMARTS) is 1. The minimum Gasteiger partial charge on any atom is -0.480 e. The van der Waals surface area contributed by atoms with Crippen molar-refractivity contribution in [3.63, 3.8) is 0 Å². The van der Waals surface area contributed by atoms with Crippen LogP contribution in [0.1, 0.15) is 78.7 Å². The number of hydrogen-bond acceptors (Lipinski definition) is 10. The highest BCUT2D eigenvalue weighted by Gasteiger charge is 2.33. The maximum Gasteiger partial charge on any atom is 0.514 e. The van der Waals surface area contributed by atoms with E-state index in [1.54, 1.807) is 20.8 Å². The number of hydrogen-bond donors (Lipinski definition) is 2. The lowest BCUT2D eigenvalue weighted by molar-refractivity contribution is -0.142. The van der Waals surface area contributed by atoms with Crippen molar-refractivity contribution in [2.45, 2.75) is 91.4 Å². The summed E-state index contributed by atoms with van der Waals surface area (Å²) in [6.07, 6.45) is 0.0153. The topological polar surface area (TPSA) is 161 Å². The molecule has 1 rings (SSSR count). The fourth-order valence-electron chi connectivity index (χ4n) is 3.78. The van der Waals surface area contributed by atoms with Gasteiger partial charge in [-0.15, -0.1) is 0 Å². The Balaban J connectivity index is 3.36. The van der Waals surface area contributed by atoms with Crippen molar-refractivity contribution in [1.82, 2.24) is 0 Å². The number of carbonyl (C=O) groups excluding carboxylic acids is 3. The number of nitrogens with two attached hydrogens (primary N) is 1. The minimum atomic E-state index is -1.37. The third-order valence-electron chi connectivity index (χ3n) is 5.56. The van der Waals surface area contributed by atoms with Gasteiger partial charge in [-0.25, -0.2) is 9.59 Å². The van der Waals surface area contributed by atoms with Crippen molar-refractivity contribution in [3.8, 4) is 11.5 Å². The first-order chi connectivity index (χ1) is 17.4. The number of aliphatic carboxylic acids is 1. The summed E-state index contributed by atoms with van der Waals surface area (Å²) in [5.41, 5.74) is 6.34. The molecule has 0 saturated carbocycles. The lowest BCUT2D eigenvalue weighted by atomic mass is 9.82. The highest BCUT2D eigenvalue weighted by molar-refractivity contribution is 5.75. The van der Waals surface area contributed by atoms with Crippen LogP contribution in [0.4, 0.5) is 9.59 Å². The monoisotopic (exact) mass is 525 g/mol. The Hall–Kier alpha value is -3.34. The largest absolute Gasteiger partial charge is 0.514 e. The van der Waals surface area contributed by atoms with Crippen LogP contribution in [0.15, 0.2) is 18.2 Å². The first-order valence-electron chi connectivity index (χ1n) is 12.4. The Morgan fingerprint density at radius 3 is 1.86 bits per heavy atom. The maximum atomic E-state index is 12.4. The van der Waals surface area contributed by atoms with Crippen molar-refractivity contribution in [2.75, 3.05) is 6.61 Å². The molecule has 4 unspecified atom stereocenters. The van der Waals surface area contributed by atoms with Gasteiger partial charge in [0.25, 0.3) is 0 Å². The standard InChI is InChI=1S/C26H39NO10/c1-7-9-16(4)34-25(31)36-20-12-11-19(13-21(20)37-26(32)35-17(5)10-8-2)22(23(27)24(29)30)15(3)14-33-18(6)28/h11-13,15-17,22-23H,7-10,14,27H2,1-6H3,(H,29,30)/t15?,16?,17?,22?,23-/m0/s1. The van der Waals surface area contributed by atoms with E-state index in [1.807, 2.05) is 13.8 Å². The molecule has 11 nitrogen and oxygen atoms in total. The Kier molecular flexibility index (Phi) is 13.4. The SMILES string of the molecule is CCCC(C)OC(=O)Oc1ccc(C(C(C)COC(C)=O)[C@H](N)C(=O)O)cc1OC(=O)OC(C)CCC. The molecule has 1 aromatic rings. The third kappa shape index (κ3) is 11.1. The molecular formula is C26H39NO10. The second-order valence-electron chi connectivity index (χ2n) is 9.01. The Morgan fingerprint density at radius 2 is 1.41 bits per heavy atom. The number of esters is 1. The molecule has 0 bridgehead atoms. The molecule has 0 aromatic heterocycles. The normalized spacial score (nSPS) is 14.9. The lowest BCUT2D eigenvalue weighted by Gasteiger charge is -2.28. The first-order valence-corrected chi connectivity index (χ1v) is 12.4. The molecule has 0 saturated heterocycles. The average molecular weight is 526 g/mol. The molecule has 0 spiro atoms. The van der Waals surface area contributed by atoms with Crippen molar-refractivity contribution in [3.05, 3.63) is 23.8 Å². The molecule has 0 aliphatic carbocycles. The molecule has 0 aliphatic heterocycles. The summed E-state index contributed by atoms with van der Waals surface area (Å²) in [7, 11) is 0. The highest BCUT2D eigenvalue weighted by Crippen LogP contribution is 2.36. The average Bonchev–Trinajstić information content (AvgIpc) is 2.79. The van der Waals surface area contributed by atoms with Crippen LogP contribution in [0.2, 0.25) is 0 Å². The second kappa shape index (κ2) is 15.7. The van der Waals surface area contributed by atoms with E-state index in [1.165, 1.54) is 25.1 Å². The van der Waals surface area contributed by atoms with E-state index in [0.717, 1.165) is 12.8 Å². The van der Waals surface area contributed by atoms with Gasteiger partial charge in [0.15, 0.2) is 11.5 Å². The molecule has 11 heteroatoms. The van der Waals surface area contributed by atoms with E-state index in [4.69, 9.17) is 29.4 Å². The van der Waals surface area contributed by atoms with Gasteiger partial charge in [0, 0.05) is 12.8 Å². The van der Waals surface area contributed by atoms with Gasteiger partial charge in [0.1, 0.15) is 18.2 Å². The quantitative estimate of drug-likeness (QED) is 0.195. The summed E-state index contributed by atoms with van der Waals surface area (Å²) in [4.78, 5) is 47.8. The predicted molar refractivity (Wildman–Crippen MR) is 134 cm³/mol. The number of carboxylic acids is 1. The summed E-state index contributed by atoms with van der Waals surface area (Å²) < 4.78 is 26.1. The van der Waals surface area contributed by atoms with Crippen molar-refractivity contribution < 1.29 is 48.0 Å². The van der Waals surface area contributed by atoms with Crippen LogP contribution in [0.5, 0.6) is 11.5 Å². The maximum absolute atomic E-state index is 12.4. The molecular weight excluding hydrogens is 486 g/mol. The van der Waals surface area contributed by atoms with Crippen molar-refractivity contribution in [1.29, 1.82) is 0 Å². The van der Waals surface area contributed by atoms with Gasteiger partial charge in [0.2, 0.25) is 0 Å². The zero-order chi connectivity index (χ0) is 28.1. The van der Waals surface area contributed by atoms with Crippen LogP contribution in [0.3, 0.4) is 0 Å². The minimum absolute atomic E-state index is 0.0896. The van der Waals surface area contributed by atoms with E-state index in [-0.39, 0.29) is 24.2 Å². The molecule has 0 heterocycles. The Morgan fingerprint density at radius 1 is 0.892 bits per heavy atom. The van der Waals surface area contributed by atoms with Crippen LogP contribution in [0.25, 0.3) is 0 Å². The number of benzene rings is 1. The van der Waals surface area contributed by atoms with Crippen molar-refractivity contribution >= 4 is 24.2 Å². The van der Waals surface area contributed by atoms with E-state index >= 15 is 0 Å². The molecule has 3 N–H and O–H groups in total. The molecule has 37 heavy (non-hydrogen) atoms. The fourth-order valence-corrected chi connectivity index (χ4v) is 3.78. The summed E-state index contributed by atoms with van der Waals surface area (Å²) >= 11 is 0. The summed E-state index contributed by atoms with van der Waals surface area (Å²) in [6.45, 7) is 10.1. The smallest absolute Gasteiger partial charge is 0.480 e. The Labute approximate surface area is 217 Å². The molecule has 0 radical (unpaired) electrons. The molecule has 0 aliphatic rings. The van der Waals surface area contributed by atoms with E-state index in [0.29, 0.717) is 18.4 Å². The molecule has 0 fully saturated rings. The Bertz CT molecular complexity index is 919. The van der Waals surface area contributed by atoms with Gasteiger partial charge in [-0.05, 0) is 50.3 Å². The van der Waals surface area contributed by atoms with Crippen LogP contribution in [0, 0.1) is 5.92 Å². The van der Waals surface area contributed by atoms with Crippen LogP contribution in [-0.2, 0) is 23.8 Å². The number of rotatable bonds is 14. The van der Waals surface area contributed by atoms with Crippen LogP contribution in [-0.4, -0.2) is 54.2 Å². The van der Waals surface area contributed by atoms with E-state index in [2.05, 4.69) is 0 Å². The zero-order valence-electron chi connectivity index (χ0n) is 22.4. The van der Waals surface area contributed by atoms with Crippen molar-refractivity contribution in [2.24, 2.45) is 11.7 Å². The van der Waals surface area contributed by atoms with Gasteiger partial charge >= 0.3 is 24.2 Å². The predicted octanol–water partition coefficient (Wildman–Crippen LogP) is 4.79. The molecule has 5 atom stereocenters. The van der Waals surface area contributed by atoms with Gasteiger partial charge < -0.3 is 34.5 Å². The van der Waals surface area contributed by atoms with Gasteiger partial charge in [0.05, 0.1) is 6.61 Å². The fraction of sp³-hybridized carbons (Fsp3) is 0.615. The van der Waals surface area contributed by atoms with Gasteiger partial charge in [-0.2, -0.15) is 0 Å². The van der Waals surface area contributed by atoms with E-state index in [9.17, 15) is 24.3 Å². The first kappa shape index (κ1) is 31.7. The second-order valence-corrected chi connectivity index (χ2v) is 9.01. The van der Waals surface area contributed by atoms with Crippen LogP contribution >= 0.6 is 0 Å². The van der Waals surface area contributed by atoms with Crippen LogP contribution < -0.4 is 15.2 Å². The highest BCUT2D eigenvalue weighted by atomic mass is 16.7. The van der Waals surface area contributed by atoms with Gasteiger partial charge in [-0.1, -0.05) is 39.7 Å². The number of carbonyl (C=O) groups is 4. The number of ether oxygens (including phenoxy) is 5. The summed E-state index contributed by atoms with van der Waals surface area (Å²) in [6, 6.07) is 2.82. The summed E-state index contributed by atoms with van der Waals surface area (Å²) in [5, 5.41) is 9.58. The lowest BCUT2D eigenvalue weighted by Crippen LogP contribution is -2.40.